The van der Waals surface area contributed by atoms with E-state index in [0.29, 0.717) is 5.92 Å². The maximum Gasteiger partial charge on any atom is 0.433 e. The Kier molecular flexibility index (Phi) is 14.0. The van der Waals surface area contributed by atoms with Gasteiger partial charge in [-0.05, 0) is 37.0 Å². The van der Waals surface area contributed by atoms with Crippen molar-refractivity contribution in [2.75, 3.05) is 33.3 Å². The monoisotopic (exact) mass is 562 g/mol. The van der Waals surface area contributed by atoms with Crippen LogP contribution in [-0.2, 0) is 15.7 Å². The van der Waals surface area contributed by atoms with E-state index in [4.69, 9.17) is 31.9 Å². The fourth-order valence-corrected chi connectivity index (χ4v) is 3.88. The van der Waals surface area contributed by atoms with Gasteiger partial charge in [0.05, 0.1) is 30.3 Å². The Bertz CT molecular complexity index is 1030. The van der Waals surface area contributed by atoms with Crippen molar-refractivity contribution in [2.24, 2.45) is 17.6 Å². The second-order valence-corrected chi connectivity index (χ2v) is 8.92. The lowest BCUT2D eigenvalue weighted by molar-refractivity contribution is -0.141. The molecule has 2 aromatic rings. The van der Waals surface area contributed by atoms with Gasteiger partial charge in [0.15, 0.2) is 0 Å². The molecule has 0 aromatic carbocycles. The van der Waals surface area contributed by atoms with E-state index in [0.717, 1.165) is 38.2 Å². The van der Waals surface area contributed by atoms with E-state index in [1.807, 2.05) is 0 Å². The zero-order valence-corrected chi connectivity index (χ0v) is 22.5. The number of aliphatic hydroxyl groups is 1. The Morgan fingerprint density at radius 3 is 2.37 bits per heavy atom. The number of rotatable bonds is 8. The van der Waals surface area contributed by atoms with Gasteiger partial charge in [-0.25, -0.2) is 9.97 Å². The lowest BCUT2D eigenvalue weighted by Gasteiger charge is -2.22. The number of nitrogens with two attached hydrogens (primary N) is 1. The van der Waals surface area contributed by atoms with Crippen LogP contribution in [0, 0.1) is 11.8 Å². The van der Waals surface area contributed by atoms with E-state index >= 15 is 0 Å². The Morgan fingerprint density at radius 2 is 1.89 bits per heavy atom. The second kappa shape index (κ2) is 16.1. The van der Waals surface area contributed by atoms with Gasteiger partial charge in [-0.15, -0.1) is 0 Å². The molecule has 1 aliphatic rings. The molecule has 1 saturated carbocycles. The van der Waals surface area contributed by atoms with Gasteiger partial charge < -0.3 is 30.4 Å². The zero-order valence-electron chi connectivity index (χ0n) is 21.7. The van der Waals surface area contributed by atoms with Crippen molar-refractivity contribution in [3.8, 4) is 5.75 Å². The van der Waals surface area contributed by atoms with E-state index in [9.17, 15) is 22.8 Å². The Balaban J connectivity index is 0.000000548. The summed E-state index contributed by atoms with van der Waals surface area (Å²) in [6.07, 6.45) is 2.45. The number of aromatic nitrogens is 2. The first kappa shape index (κ1) is 33.1. The number of anilines is 1. The van der Waals surface area contributed by atoms with Crippen molar-refractivity contribution in [3.63, 3.8) is 0 Å². The molecule has 1 aliphatic carbocycles. The largest absolute Gasteiger partial charge is 0.495 e. The smallest absolute Gasteiger partial charge is 0.433 e. The highest BCUT2D eigenvalue weighted by Gasteiger charge is 2.34. The van der Waals surface area contributed by atoms with Crippen molar-refractivity contribution in [2.45, 2.75) is 44.8 Å². The van der Waals surface area contributed by atoms with Crippen molar-refractivity contribution in [3.05, 3.63) is 46.4 Å². The Morgan fingerprint density at radius 1 is 1.26 bits per heavy atom. The topological polar surface area (TPSA) is 137 Å². The van der Waals surface area contributed by atoms with E-state index in [-0.39, 0.29) is 34.5 Å². The van der Waals surface area contributed by atoms with Crippen LogP contribution in [-0.4, -0.2) is 55.2 Å². The predicted octanol–water partition coefficient (Wildman–Crippen LogP) is 4.68. The average Bonchev–Trinajstić information content (AvgIpc) is 2.90. The van der Waals surface area contributed by atoms with Crippen LogP contribution in [0.3, 0.4) is 0 Å². The van der Waals surface area contributed by atoms with Crippen LogP contribution in [0.5, 0.6) is 5.75 Å². The summed E-state index contributed by atoms with van der Waals surface area (Å²) in [5.41, 5.74) is 4.13. The third-order valence-electron chi connectivity index (χ3n) is 5.75. The molecule has 4 N–H and O–H groups in total. The summed E-state index contributed by atoms with van der Waals surface area (Å²) in [5.74, 6) is 0.778. The normalized spacial score (nSPS) is 17.6. The number of hydrogen-bond donors (Lipinski definition) is 3. The number of halogens is 4. The van der Waals surface area contributed by atoms with Gasteiger partial charge in [-0.3, -0.25) is 4.79 Å². The Hall–Kier alpha value is -2.96. The van der Waals surface area contributed by atoms with Crippen molar-refractivity contribution in [1.82, 2.24) is 9.97 Å². The van der Waals surface area contributed by atoms with Crippen LogP contribution in [0.1, 0.15) is 60.4 Å². The van der Waals surface area contributed by atoms with Crippen LogP contribution in [0.4, 0.5) is 19.0 Å². The fraction of sp³-hybridized carbons (Fsp3) is 0.520. The first-order valence-electron chi connectivity index (χ1n) is 11.7. The highest BCUT2D eigenvalue weighted by molar-refractivity contribution is 6.33. The van der Waals surface area contributed by atoms with Gasteiger partial charge in [-0.1, -0.05) is 31.4 Å². The minimum Gasteiger partial charge on any atom is -0.495 e. The molecule has 2 aromatic heterocycles. The molecule has 1 atom stereocenters. The third kappa shape index (κ3) is 10.1. The molecule has 13 heteroatoms. The maximum absolute atomic E-state index is 13.0. The number of ether oxygens (including phenoxy) is 2. The molecule has 0 saturated heterocycles. The predicted molar refractivity (Wildman–Crippen MR) is 137 cm³/mol. The zero-order chi connectivity index (χ0) is 28.9. The molecule has 1 unspecified atom stereocenters. The molecule has 0 bridgehead atoms. The van der Waals surface area contributed by atoms with Crippen LogP contribution < -0.4 is 15.8 Å². The summed E-state index contributed by atoms with van der Waals surface area (Å²) in [4.78, 5) is 29.1. The lowest BCUT2D eigenvalue weighted by atomic mass is 9.84. The van der Waals surface area contributed by atoms with Gasteiger partial charge in [0.2, 0.25) is 5.91 Å². The minimum absolute atomic E-state index is 0.0361. The first-order valence-corrected chi connectivity index (χ1v) is 12.1. The number of hydrogen-bond acceptors (Lipinski definition) is 8. The molecule has 9 nitrogen and oxygen atoms in total. The SMILES string of the molecule is CC1CCC(C=O)CC1.CO.COCC(Nc1ncc(C(N)=O)cc1Cl)c1nc(C(F)(F)F)ccc1OC. The lowest BCUT2D eigenvalue weighted by Crippen LogP contribution is -2.21. The molecule has 2 heterocycles. The quantitative estimate of drug-likeness (QED) is 0.395. The number of carbonyl (C=O) groups excluding carboxylic acids is 2. The number of primary amides is 1. The average molecular weight is 563 g/mol. The summed E-state index contributed by atoms with van der Waals surface area (Å²) >= 11 is 6.08. The van der Waals surface area contributed by atoms with E-state index in [1.165, 1.54) is 45.4 Å². The van der Waals surface area contributed by atoms with Crippen molar-refractivity contribution in [1.29, 1.82) is 0 Å². The number of nitrogens with zero attached hydrogens (tertiary/aromatic N) is 2. The summed E-state index contributed by atoms with van der Waals surface area (Å²) in [6, 6.07) is 2.41. The van der Waals surface area contributed by atoms with E-state index in [2.05, 4.69) is 22.2 Å². The second-order valence-electron chi connectivity index (χ2n) is 8.51. The minimum atomic E-state index is -4.63. The van der Waals surface area contributed by atoms with Gasteiger partial charge in [0.1, 0.15) is 29.2 Å². The summed E-state index contributed by atoms with van der Waals surface area (Å²) < 4.78 is 49.3. The molecule has 0 spiro atoms. The molecule has 212 valence electrons. The summed E-state index contributed by atoms with van der Waals surface area (Å²) in [6.45, 7) is 2.21. The van der Waals surface area contributed by atoms with Gasteiger partial charge in [0, 0.05) is 26.3 Å². The van der Waals surface area contributed by atoms with Crippen LogP contribution in [0.2, 0.25) is 5.02 Å². The summed E-state index contributed by atoms with van der Waals surface area (Å²) in [5, 5.41) is 9.91. The summed E-state index contributed by atoms with van der Waals surface area (Å²) in [7, 11) is 3.69. The van der Waals surface area contributed by atoms with Gasteiger partial charge in [-0.2, -0.15) is 13.2 Å². The number of carbonyl (C=O) groups is 2. The number of pyridine rings is 2. The van der Waals surface area contributed by atoms with Crippen LogP contribution in [0.15, 0.2) is 24.4 Å². The molecule has 1 amide bonds. The standard InChI is InChI=1S/C16H16ClF3N4O3.C8H14O.CH4O/c1-26-7-10(23-15-9(17)5-8(6-22-15)14(21)25)13-11(27-2)3-4-12(24-13)16(18,19)20;1-7-2-4-8(6-9)5-3-7;1-2/h3-6,10H,7H2,1-2H3,(H2,21,25)(H,22,23);6-8H,2-5H2,1H3;2H,1H3. The molecule has 0 aliphatic heterocycles. The van der Waals surface area contributed by atoms with E-state index < -0.39 is 23.8 Å². The maximum atomic E-state index is 13.0. The molecular formula is C25H34ClF3N4O5. The number of methoxy groups -OCH3 is 2. The first-order chi connectivity index (χ1) is 18.0. The number of nitrogens with one attached hydrogen (secondary N) is 1. The van der Waals surface area contributed by atoms with E-state index in [1.54, 1.807) is 0 Å². The number of amides is 1. The third-order valence-corrected chi connectivity index (χ3v) is 6.04. The van der Waals surface area contributed by atoms with Crippen LogP contribution >= 0.6 is 11.6 Å². The van der Waals surface area contributed by atoms with Crippen LogP contribution in [0.25, 0.3) is 0 Å². The van der Waals surface area contributed by atoms with Gasteiger partial charge in [0.25, 0.3) is 0 Å². The number of aliphatic hydroxyl groups excluding tert-OH is 1. The highest BCUT2D eigenvalue weighted by atomic mass is 35.5. The van der Waals surface area contributed by atoms with Gasteiger partial charge >= 0.3 is 6.18 Å². The molecular weight excluding hydrogens is 529 g/mol. The van der Waals surface area contributed by atoms with Crippen molar-refractivity contribution < 1.29 is 37.3 Å². The number of alkyl halides is 3. The highest BCUT2D eigenvalue weighted by Crippen LogP contribution is 2.34. The van der Waals surface area contributed by atoms with Crippen molar-refractivity contribution >= 4 is 29.6 Å². The Labute approximate surface area is 224 Å². The molecule has 3 rings (SSSR count). The fourth-order valence-electron chi connectivity index (χ4n) is 3.66. The molecule has 0 radical (unpaired) electrons. The molecule has 1 fully saturated rings. The molecule has 38 heavy (non-hydrogen) atoms. The number of aldehydes is 1.